The Balaban J connectivity index is 1.99. The van der Waals surface area contributed by atoms with Crippen molar-refractivity contribution in [3.05, 3.63) is 15.6 Å². The molecular weight excluding hydrogens is 218 g/mol. The van der Waals surface area contributed by atoms with E-state index < -0.39 is 0 Å². The van der Waals surface area contributed by atoms with Gasteiger partial charge in [0, 0.05) is 30.9 Å². The number of aromatic nitrogens is 1. The molecule has 2 rings (SSSR count). The molecule has 0 radical (unpaired) electrons. The monoisotopic (exact) mass is 239 g/mol. The molecule has 0 atom stereocenters. The summed E-state index contributed by atoms with van der Waals surface area (Å²) in [5, 5.41) is 4.60. The van der Waals surface area contributed by atoms with Gasteiger partial charge in [-0.05, 0) is 19.5 Å². The molecule has 0 unspecified atom stereocenters. The van der Waals surface area contributed by atoms with Crippen LogP contribution in [0, 0.1) is 0 Å². The van der Waals surface area contributed by atoms with Gasteiger partial charge in [0.15, 0.2) is 0 Å². The molecule has 2 heterocycles. The van der Waals surface area contributed by atoms with Gasteiger partial charge in [-0.2, -0.15) is 0 Å². The Morgan fingerprint density at radius 3 is 3.06 bits per heavy atom. The molecule has 0 bridgehead atoms. The normalized spacial score (nSPS) is 16.4. The zero-order valence-corrected chi connectivity index (χ0v) is 11.1. The SMILES string of the molecule is CCCN1CCc2nc(CNCC)sc2C1. The molecule has 1 aliphatic rings. The summed E-state index contributed by atoms with van der Waals surface area (Å²) in [6.45, 7) is 9.86. The molecule has 0 saturated heterocycles. The summed E-state index contributed by atoms with van der Waals surface area (Å²) in [5.41, 5.74) is 1.35. The molecule has 1 N–H and O–H groups in total. The lowest BCUT2D eigenvalue weighted by Gasteiger charge is -2.25. The molecule has 0 saturated carbocycles. The zero-order valence-electron chi connectivity index (χ0n) is 10.3. The fraction of sp³-hybridized carbons (Fsp3) is 0.750. The molecule has 90 valence electrons. The third-order valence-electron chi connectivity index (χ3n) is 2.92. The highest BCUT2D eigenvalue weighted by molar-refractivity contribution is 7.11. The second kappa shape index (κ2) is 5.75. The molecule has 0 amide bonds. The van der Waals surface area contributed by atoms with Gasteiger partial charge in [-0.3, -0.25) is 4.90 Å². The van der Waals surface area contributed by atoms with Crippen molar-refractivity contribution in [2.24, 2.45) is 0 Å². The minimum Gasteiger partial charge on any atom is -0.311 e. The molecule has 0 aliphatic carbocycles. The average molecular weight is 239 g/mol. The maximum atomic E-state index is 4.71. The van der Waals surface area contributed by atoms with Crippen molar-refractivity contribution >= 4 is 11.3 Å². The first-order valence-corrected chi connectivity index (χ1v) is 7.05. The minimum atomic E-state index is 0.932. The van der Waals surface area contributed by atoms with Gasteiger partial charge in [0.05, 0.1) is 5.69 Å². The number of thiazole rings is 1. The lowest BCUT2D eigenvalue weighted by molar-refractivity contribution is 0.256. The number of hydrogen-bond acceptors (Lipinski definition) is 4. The van der Waals surface area contributed by atoms with Crippen molar-refractivity contribution in [2.75, 3.05) is 19.6 Å². The van der Waals surface area contributed by atoms with Crippen molar-refractivity contribution in [3.63, 3.8) is 0 Å². The van der Waals surface area contributed by atoms with Crippen LogP contribution in [0.5, 0.6) is 0 Å². The van der Waals surface area contributed by atoms with E-state index in [0.717, 1.165) is 26.1 Å². The van der Waals surface area contributed by atoms with E-state index in [1.807, 2.05) is 11.3 Å². The van der Waals surface area contributed by atoms with Crippen LogP contribution in [-0.4, -0.2) is 29.5 Å². The van der Waals surface area contributed by atoms with Crippen LogP contribution in [0.3, 0.4) is 0 Å². The van der Waals surface area contributed by atoms with E-state index in [1.165, 1.54) is 35.1 Å². The average Bonchev–Trinajstić information content (AvgIpc) is 2.68. The molecular formula is C12H21N3S. The lowest BCUT2D eigenvalue weighted by atomic mass is 10.2. The third-order valence-corrected chi connectivity index (χ3v) is 4.00. The summed E-state index contributed by atoms with van der Waals surface area (Å²) in [7, 11) is 0. The number of nitrogens with zero attached hydrogens (tertiary/aromatic N) is 2. The highest BCUT2D eigenvalue weighted by atomic mass is 32.1. The predicted molar refractivity (Wildman–Crippen MR) is 68.8 cm³/mol. The lowest BCUT2D eigenvalue weighted by Crippen LogP contribution is -2.30. The molecule has 4 heteroatoms. The van der Waals surface area contributed by atoms with Crippen molar-refractivity contribution in [3.8, 4) is 0 Å². The Bertz CT molecular complexity index is 335. The molecule has 0 fully saturated rings. The number of fused-ring (bicyclic) bond motifs is 1. The van der Waals surface area contributed by atoms with Gasteiger partial charge in [-0.1, -0.05) is 13.8 Å². The van der Waals surface area contributed by atoms with Crippen LogP contribution in [0.4, 0.5) is 0 Å². The minimum absolute atomic E-state index is 0.932. The van der Waals surface area contributed by atoms with Crippen LogP contribution < -0.4 is 5.32 Å². The topological polar surface area (TPSA) is 28.2 Å². The van der Waals surface area contributed by atoms with Crippen molar-refractivity contribution < 1.29 is 0 Å². The largest absolute Gasteiger partial charge is 0.311 e. The summed E-state index contributed by atoms with van der Waals surface area (Å²) in [5.74, 6) is 0. The smallest absolute Gasteiger partial charge is 0.107 e. The van der Waals surface area contributed by atoms with Gasteiger partial charge >= 0.3 is 0 Å². The van der Waals surface area contributed by atoms with Crippen LogP contribution in [0.2, 0.25) is 0 Å². The highest BCUT2D eigenvalue weighted by Crippen LogP contribution is 2.25. The van der Waals surface area contributed by atoms with Gasteiger partial charge < -0.3 is 5.32 Å². The Kier molecular flexibility index (Phi) is 4.32. The van der Waals surface area contributed by atoms with Crippen LogP contribution in [-0.2, 0) is 19.5 Å². The second-order valence-corrected chi connectivity index (χ2v) is 5.45. The van der Waals surface area contributed by atoms with E-state index in [2.05, 4.69) is 24.1 Å². The van der Waals surface area contributed by atoms with Crippen LogP contribution in [0.25, 0.3) is 0 Å². The number of rotatable bonds is 5. The molecule has 0 spiro atoms. The molecule has 1 aliphatic heterocycles. The number of hydrogen-bond donors (Lipinski definition) is 1. The van der Waals surface area contributed by atoms with Crippen molar-refractivity contribution in [2.45, 2.75) is 39.8 Å². The van der Waals surface area contributed by atoms with Gasteiger partial charge in [-0.25, -0.2) is 4.98 Å². The summed E-state index contributed by atoms with van der Waals surface area (Å²) in [4.78, 5) is 8.74. The number of nitrogens with one attached hydrogen (secondary N) is 1. The Morgan fingerprint density at radius 2 is 2.31 bits per heavy atom. The molecule has 3 nitrogen and oxygen atoms in total. The Hall–Kier alpha value is -0.450. The van der Waals surface area contributed by atoms with Crippen LogP contribution in [0.15, 0.2) is 0 Å². The van der Waals surface area contributed by atoms with Crippen LogP contribution >= 0.6 is 11.3 Å². The van der Waals surface area contributed by atoms with Crippen LogP contribution in [0.1, 0.15) is 35.8 Å². The van der Waals surface area contributed by atoms with E-state index in [0.29, 0.717) is 0 Å². The van der Waals surface area contributed by atoms with Crippen molar-refractivity contribution in [1.29, 1.82) is 0 Å². The quantitative estimate of drug-likeness (QED) is 0.852. The molecule has 1 aromatic rings. The van der Waals surface area contributed by atoms with E-state index in [-0.39, 0.29) is 0 Å². The van der Waals surface area contributed by atoms with Gasteiger partial charge in [0.1, 0.15) is 5.01 Å². The molecule has 0 aromatic carbocycles. The fourth-order valence-corrected chi connectivity index (χ4v) is 3.24. The highest BCUT2D eigenvalue weighted by Gasteiger charge is 2.19. The first-order chi connectivity index (χ1) is 7.83. The van der Waals surface area contributed by atoms with E-state index in [9.17, 15) is 0 Å². The Morgan fingerprint density at radius 1 is 1.44 bits per heavy atom. The van der Waals surface area contributed by atoms with E-state index in [4.69, 9.17) is 4.98 Å². The first kappa shape index (κ1) is 12.0. The zero-order chi connectivity index (χ0) is 11.4. The summed E-state index contributed by atoms with van der Waals surface area (Å²) < 4.78 is 0. The fourth-order valence-electron chi connectivity index (χ4n) is 2.12. The van der Waals surface area contributed by atoms with Crippen molar-refractivity contribution in [1.82, 2.24) is 15.2 Å². The second-order valence-electron chi connectivity index (χ2n) is 4.28. The standard InChI is InChI=1S/C12H21N3S/c1-3-6-15-7-5-10-11(9-15)16-12(14-10)8-13-4-2/h13H,3-9H2,1-2H3. The maximum Gasteiger partial charge on any atom is 0.107 e. The summed E-state index contributed by atoms with van der Waals surface area (Å²) in [6, 6.07) is 0. The summed E-state index contributed by atoms with van der Waals surface area (Å²) in [6.07, 6.45) is 2.39. The maximum absolute atomic E-state index is 4.71. The Labute approximate surface area is 102 Å². The van der Waals surface area contributed by atoms with Gasteiger partial charge in [0.2, 0.25) is 0 Å². The third kappa shape index (κ3) is 2.81. The van der Waals surface area contributed by atoms with E-state index >= 15 is 0 Å². The van der Waals surface area contributed by atoms with Gasteiger partial charge in [0.25, 0.3) is 0 Å². The first-order valence-electron chi connectivity index (χ1n) is 6.24. The summed E-state index contributed by atoms with van der Waals surface area (Å²) >= 11 is 1.89. The molecule has 16 heavy (non-hydrogen) atoms. The van der Waals surface area contributed by atoms with E-state index in [1.54, 1.807) is 0 Å². The predicted octanol–water partition coefficient (Wildman–Crippen LogP) is 2.02. The molecule has 1 aromatic heterocycles. The van der Waals surface area contributed by atoms with Gasteiger partial charge in [-0.15, -0.1) is 11.3 Å².